The molecular formula is C21H31N7O3S. The molecule has 0 aromatic carbocycles. The Labute approximate surface area is 192 Å². The van der Waals surface area contributed by atoms with Gasteiger partial charge in [-0.1, -0.05) is 19.9 Å². The van der Waals surface area contributed by atoms with Gasteiger partial charge in [0.25, 0.3) is 0 Å². The molecule has 4 N–H and O–H groups in total. The van der Waals surface area contributed by atoms with E-state index in [2.05, 4.69) is 30.3 Å². The molecule has 0 spiro atoms. The number of carboxylic acids is 1. The molecule has 2 atom stereocenters. The molecule has 1 saturated heterocycles. The molecule has 1 aliphatic rings. The minimum absolute atomic E-state index is 0.181. The number of hydrogen-bond acceptors (Lipinski definition) is 9. The zero-order valence-corrected chi connectivity index (χ0v) is 19.3. The summed E-state index contributed by atoms with van der Waals surface area (Å²) in [7, 11) is 0. The van der Waals surface area contributed by atoms with Gasteiger partial charge in [0.2, 0.25) is 11.0 Å². The molecule has 32 heavy (non-hydrogen) atoms. The van der Waals surface area contributed by atoms with E-state index in [4.69, 9.17) is 0 Å². The van der Waals surface area contributed by atoms with Crippen molar-refractivity contribution >= 4 is 34.4 Å². The number of likely N-dealkylation sites (tertiary alicyclic amines) is 1. The number of pyridine rings is 1. The van der Waals surface area contributed by atoms with Gasteiger partial charge in [0.05, 0.1) is 6.54 Å². The minimum atomic E-state index is -0.944. The lowest BCUT2D eigenvalue weighted by atomic mass is 10.0. The van der Waals surface area contributed by atoms with Crippen LogP contribution in [0, 0.1) is 5.92 Å². The third-order valence-electron chi connectivity index (χ3n) is 5.15. The van der Waals surface area contributed by atoms with Crippen LogP contribution in [0.2, 0.25) is 0 Å². The van der Waals surface area contributed by atoms with E-state index < -0.39 is 18.1 Å². The van der Waals surface area contributed by atoms with Crippen molar-refractivity contribution < 1.29 is 14.7 Å². The molecule has 2 aromatic rings. The van der Waals surface area contributed by atoms with Crippen LogP contribution in [0.5, 0.6) is 0 Å². The second-order valence-electron chi connectivity index (χ2n) is 8.19. The summed E-state index contributed by atoms with van der Waals surface area (Å²) in [6, 6.07) is 4.45. The van der Waals surface area contributed by atoms with Crippen molar-refractivity contribution in [3.8, 4) is 0 Å². The first-order valence-corrected chi connectivity index (χ1v) is 11.7. The van der Waals surface area contributed by atoms with Gasteiger partial charge in [0, 0.05) is 37.4 Å². The van der Waals surface area contributed by atoms with Crippen molar-refractivity contribution in [3.05, 3.63) is 30.2 Å². The monoisotopic (exact) mass is 461 g/mol. The second-order valence-corrected chi connectivity index (χ2v) is 8.94. The van der Waals surface area contributed by atoms with Crippen LogP contribution >= 0.6 is 11.5 Å². The first kappa shape index (κ1) is 23.9. The molecule has 2 unspecified atom stereocenters. The van der Waals surface area contributed by atoms with Gasteiger partial charge >= 0.3 is 5.97 Å². The van der Waals surface area contributed by atoms with Gasteiger partial charge in [0.15, 0.2) is 5.82 Å². The average molecular weight is 462 g/mol. The Bertz CT molecular complexity index is 877. The van der Waals surface area contributed by atoms with Gasteiger partial charge in [-0.2, -0.15) is 4.37 Å². The lowest BCUT2D eigenvalue weighted by Crippen LogP contribution is -2.48. The van der Waals surface area contributed by atoms with E-state index in [-0.39, 0.29) is 11.8 Å². The number of hydrogen-bond donors (Lipinski definition) is 4. The first-order chi connectivity index (χ1) is 15.4. The number of aromatic nitrogens is 3. The highest BCUT2D eigenvalue weighted by Gasteiger charge is 2.37. The molecule has 1 fully saturated rings. The predicted molar refractivity (Wildman–Crippen MR) is 124 cm³/mol. The summed E-state index contributed by atoms with van der Waals surface area (Å²) >= 11 is 1.21. The van der Waals surface area contributed by atoms with Crippen molar-refractivity contribution in [2.24, 2.45) is 5.92 Å². The van der Waals surface area contributed by atoms with E-state index in [1.54, 1.807) is 6.20 Å². The number of carboxylic acid groups (broad SMARTS) is 1. The normalized spacial score (nSPS) is 16.8. The quantitative estimate of drug-likeness (QED) is 0.350. The van der Waals surface area contributed by atoms with Gasteiger partial charge in [-0.15, -0.1) is 0 Å². The highest BCUT2D eigenvalue weighted by molar-refractivity contribution is 7.09. The fraction of sp³-hybridized carbons (Fsp3) is 0.571. The Balaban J connectivity index is 1.50. The number of aliphatic carboxylic acids is 1. The van der Waals surface area contributed by atoms with Crippen molar-refractivity contribution in [2.45, 2.75) is 51.7 Å². The zero-order chi connectivity index (χ0) is 22.9. The highest BCUT2D eigenvalue weighted by Crippen LogP contribution is 2.23. The van der Waals surface area contributed by atoms with Crippen LogP contribution in [-0.2, 0) is 16.1 Å². The predicted octanol–water partition coefficient (Wildman–Crippen LogP) is 2.04. The van der Waals surface area contributed by atoms with E-state index in [1.807, 2.05) is 32.0 Å². The van der Waals surface area contributed by atoms with Crippen LogP contribution in [0.3, 0.4) is 0 Å². The molecule has 2 aromatic heterocycles. The Morgan fingerprint density at radius 1 is 1.31 bits per heavy atom. The molecule has 174 valence electrons. The van der Waals surface area contributed by atoms with Gasteiger partial charge in [-0.05, 0) is 37.3 Å². The van der Waals surface area contributed by atoms with Crippen LogP contribution < -0.4 is 16.0 Å². The summed E-state index contributed by atoms with van der Waals surface area (Å²) in [5.74, 6) is 0.621. The van der Waals surface area contributed by atoms with Crippen LogP contribution in [0.4, 0.5) is 10.9 Å². The lowest BCUT2D eigenvalue weighted by Gasteiger charge is -2.28. The van der Waals surface area contributed by atoms with Gasteiger partial charge < -0.3 is 26.0 Å². The average Bonchev–Trinajstić information content (AvgIpc) is 3.43. The molecule has 3 rings (SSSR count). The zero-order valence-electron chi connectivity index (χ0n) is 18.5. The van der Waals surface area contributed by atoms with E-state index in [0.29, 0.717) is 43.3 Å². The van der Waals surface area contributed by atoms with E-state index in [1.165, 1.54) is 16.4 Å². The van der Waals surface area contributed by atoms with E-state index in [0.717, 1.165) is 18.9 Å². The van der Waals surface area contributed by atoms with Crippen molar-refractivity contribution in [1.82, 2.24) is 24.6 Å². The number of anilines is 2. The molecule has 1 aliphatic heterocycles. The SMILES string of the molecule is CC(C)CC(Nc1nc(CNCCNc2ccccn2)ns1)C(=O)N1CCCC1C(=O)O. The maximum atomic E-state index is 13.1. The summed E-state index contributed by atoms with van der Waals surface area (Å²) in [5.41, 5.74) is 0. The number of nitrogens with zero attached hydrogens (tertiary/aromatic N) is 4. The Morgan fingerprint density at radius 3 is 2.88 bits per heavy atom. The minimum Gasteiger partial charge on any atom is -0.480 e. The molecule has 0 saturated carbocycles. The summed E-state index contributed by atoms with van der Waals surface area (Å²) in [6.07, 6.45) is 3.54. The summed E-state index contributed by atoms with van der Waals surface area (Å²) in [5, 5.41) is 19.7. The van der Waals surface area contributed by atoms with Crippen LogP contribution in [0.25, 0.3) is 0 Å². The molecule has 0 radical (unpaired) electrons. The number of carbonyl (C=O) groups is 2. The van der Waals surface area contributed by atoms with E-state index in [9.17, 15) is 14.7 Å². The molecule has 0 bridgehead atoms. The van der Waals surface area contributed by atoms with Gasteiger partial charge in [0.1, 0.15) is 17.9 Å². The maximum Gasteiger partial charge on any atom is 0.326 e. The second kappa shape index (κ2) is 11.7. The summed E-state index contributed by atoms with van der Waals surface area (Å²) in [4.78, 5) is 34.8. The molecule has 1 amide bonds. The lowest BCUT2D eigenvalue weighted by molar-refractivity contribution is -0.148. The summed E-state index contributed by atoms with van der Waals surface area (Å²) in [6.45, 7) is 6.50. The number of amides is 1. The molecule has 3 heterocycles. The van der Waals surface area contributed by atoms with Crippen LogP contribution in [0.15, 0.2) is 24.4 Å². The Kier molecular flexibility index (Phi) is 8.74. The standard InChI is InChI=1S/C21H31N7O3S/c1-14(2)12-15(19(29)28-11-5-6-16(28)20(30)31)25-21-26-18(27-32-21)13-22-9-10-24-17-7-3-4-8-23-17/h3-4,7-8,14-16,22H,5-6,9-13H2,1-2H3,(H,23,24)(H,30,31)(H,25,26,27). The molecule has 0 aliphatic carbocycles. The van der Waals surface area contributed by atoms with Crippen molar-refractivity contribution in [2.75, 3.05) is 30.3 Å². The number of nitrogens with one attached hydrogen (secondary N) is 3. The fourth-order valence-electron chi connectivity index (χ4n) is 3.66. The number of carbonyl (C=O) groups excluding carboxylic acids is 1. The van der Waals surface area contributed by atoms with Crippen molar-refractivity contribution in [3.63, 3.8) is 0 Å². The highest BCUT2D eigenvalue weighted by atomic mass is 32.1. The van der Waals surface area contributed by atoms with Gasteiger partial charge in [-0.25, -0.2) is 14.8 Å². The molecule has 10 nitrogen and oxygen atoms in total. The number of rotatable bonds is 12. The molecular weight excluding hydrogens is 430 g/mol. The van der Waals surface area contributed by atoms with E-state index >= 15 is 0 Å². The third kappa shape index (κ3) is 6.86. The van der Waals surface area contributed by atoms with Gasteiger partial charge in [-0.3, -0.25) is 4.79 Å². The summed E-state index contributed by atoms with van der Waals surface area (Å²) < 4.78 is 4.36. The maximum absolute atomic E-state index is 13.1. The van der Waals surface area contributed by atoms with Crippen LogP contribution in [0.1, 0.15) is 38.9 Å². The largest absolute Gasteiger partial charge is 0.480 e. The topological polar surface area (TPSA) is 132 Å². The van der Waals surface area contributed by atoms with Crippen molar-refractivity contribution in [1.29, 1.82) is 0 Å². The Hall–Kier alpha value is -2.79. The first-order valence-electron chi connectivity index (χ1n) is 10.9. The smallest absolute Gasteiger partial charge is 0.326 e. The molecule has 11 heteroatoms. The van der Waals surface area contributed by atoms with Crippen LogP contribution in [-0.4, -0.2) is 67.9 Å². The Morgan fingerprint density at radius 2 is 2.16 bits per heavy atom. The third-order valence-corrected chi connectivity index (χ3v) is 5.83. The fourth-order valence-corrected chi connectivity index (χ4v) is 4.30.